The lowest BCUT2D eigenvalue weighted by molar-refractivity contribution is -0.0717. The van der Waals surface area contributed by atoms with E-state index in [9.17, 15) is 9.90 Å². The molecule has 1 fully saturated rings. The Morgan fingerprint density at radius 2 is 2.04 bits per heavy atom. The molecule has 0 spiro atoms. The molecule has 25 heavy (non-hydrogen) atoms. The zero-order chi connectivity index (χ0) is 17.9. The minimum Gasteiger partial charge on any atom is -0.388 e. The van der Waals surface area contributed by atoms with Crippen LogP contribution in [0.1, 0.15) is 18.5 Å². The normalized spacial score (nSPS) is 16.4. The molecule has 0 atom stereocenters. The third kappa shape index (κ3) is 4.18. The van der Waals surface area contributed by atoms with Crippen LogP contribution < -0.4 is 5.32 Å². The van der Waals surface area contributed by atoms with Crippen LogP contribution in [0.5, 0.6) is 0 Å². The summed E-state index contributed by atoms with van der Waals surface area (Å²) in [6.45, 7) is 3.17. The molecular weight excluding hydrogens is 320 g/mol. The van der Waals surface area contributed by atoms with Gasteiger partial charge in [-0.3, -0.25) is 0 Å². The Bertz CT molecular complexity index is 723. The van der Waals surface area contributed by atoms with Gasteiger partial charge in [-0.15, -0.1) is 0 Å². The molecule has 7 nitrogen and oxygen atoms in total. The van der Waals surface area contributed by atoms with Gasteiger partial charge in [0.1, 0.15) is 0 Å². The summed E-state index contributed by atoms with van der Waals surface area (Å²) in [5.74, 6) is 0. The molecule has 1 aliphatic rings. The zero-order valence-corrected chi connectivity index (χ0v) is 14.6. The molecule has 3 rings (SSSR count). The highest BCUT2D eigenvalue weighted by atomic mass is 16.5. The predicted octanol–water partition coefficient (Wildman–Crippen LogP) is 2.19. The Morgan fingerprint density at radius 3 is 2.72 bits per heavy atom. The lowest BCUT2D eigenvalue weighted by atomic mass is 9.94. The first kappa shape index (κ1) is 17.4. The molecule has 0 radical (unpaired) electrons. The van der Waals surface area contributed by atoms with Crippen molar-refractivity contribution in [2.75, 3.05) is 32.1 Å². The molecule has 0 unspecified atom stereocenters. The smallest absolute Gasteiger partial charge is 0.321 e. The summed E-state index contributed by atoms with van der Waals surface area (Å²) >= 11 is 0. The molecule has 2 aromatic rings. The molecule has 1 saturated heterocycles. The van der Waals surface area contributed by atoms with Gasteiger partial charge in [-0.05, 0) is 19.1 Å². The molecule has 1 aliphatic heterocycles. The summed E-state index contributed by atoms with van der Waals surface area (Å²) in [6.07, 6.45) is 2.87. The Hall–Kier alpha value is -2.38. The van der Waals surface area contributed by atoms with Gasteiger partial charge in [0.15, 0.2) is 0 Å². The van der Waals surface area contributed by atoms with Crippen molar-refractivity contribution in [2.24, 2.45) is 0 Å². The first-order chi connectivity index (χ1) is 12.0. The number of rotatable bonds is 4. The van der Waals surface area contributed by atoms with Crippen molar-refractivity contribution in [3.63, 3.8) is 0 Å². The second-order valence-electron chi connectivity index (χ2n) is 6.53. The van der Waals surface area contributed by atoms with E-state index < -0.39 is 5.60 Å². The molecule has 0 aliphatic carbocycles. The molecule has 2 heterocycles. The second-order valence-corrected chi connectivity index (χ2v) is 6.53. The van der Waals surface area contributed by atoms with Gasteiger partial charge in [-0.2, -0.15) is 5.10 Å². The van der Waals surface area contributed by atoms with Crippen LogP contribution in [0.2, 0.25) is 0 Å². The van der Waals surface area contributed by atoms with Crippen LogP contribution in [0.25, 0.3) is 5.69 Å². The average Bonchev–Trinajstić information content (AvgIpc) is 2.96. The number of anilines is 1. The fraction of sp³-hybridized carbons (Fsp3) is 0.444. The average molecular weight is 344 g/mol. The van der Waals surface area contributed by atoms with Gasteiger partial charge in [-0.1, -0.05) is 18.2 Å². The van der Waals surface area contributed by atoms with E-state index in [1.54, 1.807) is 17.9 Å². The van der Waals surface area contributed by atoms with Crippen LogP contribution >= 0.6 is 0 Å². The maximum absolute atomic E-state index is 12.5. The lowest BCUT2D eigenvalue weighted by Gasteiger charge is -2.35. The maximum atomic E-state index is 12.5. The van der Waals surface area contributed by atoms with Crippen LogP contribution in [0.15, 0.2) is 36.5 Å². The number of para-hydroxylation sites is 1. The molecule has 2 N–H and O–H groups in total. The fourth-order valence-corrected chi connectivity index (χ4v) is 2.93. The van der Waals surface area contributed by atoms with Crippen molar-refractivity contribution >= 4 is 11.7 Å². The van der Waals surface area contributed by atoms with Crippen molar-refractivity contribution in [2.45, 2.75) is 25.4 Å². The number of benzene rings is 1. The molecule has 1 aromatic heterocycles. The number of nitrogens with zero attached hydrogens (tertiary/aromatic N) is 3. The number of aliphatic hydroxyl groups is 1. The molecule has 2 amide bonds. The number of carbonyl (C=O) groups excluding carboxylic acids is 1. The van der Waals surface area contributed by atoms with Crippen molar-refractivity contribution in [3.8, 4) is 5.69 Å². The Morgan fingerprint density at radius 1 is 1.36 bits per heavy atom. The highest BCUT2D eigenvalue weighted by Gasteiger charge is 2.32. The van der Waals surface area contributed by atoms with Gasteiger partial charge in [-0.25, -0.2) is 9.48 Å². The summed E-state index contributed by atoms with van der Waals surface area (Å²) < 4.78 is 7.01. The van der Waals surface area contributed by atoms with Crippen LogP contribution in [0.4, 0.5) is 10.5 Å². The minimum absolute atomic E-state index is 0.268. The number of hydrogen-bond donors (Lipinski definition) is 2. The molecule has 1 aromatic carbocycles. The van der Waals surface area contributed by atoms with Gasteiger partial charge >= 0.3 is 6.03 Å². The number of aromatic nitrogens is 2. The summed E-state index contributed by atoms with van der Waals surface area (Å²) in [7, 11) is 1.68. The number of hydrogen-bond acceptors (Lipinski definition) is 4. The number of amides is 2. The molecule has 0 bridgehead atoms. The first-order valence-electron chi connectivity index (χ1n) is 8.41. The monoisotopic (exact) mass is 344 g/mol. The summed E-state index contributed by atoms with van der Waals surface area (Å²) in [4.78, 5) is 14.0. The van der Waals surface area contributed by atoms with Crippen LogP contribution in [-0.2, 0) is 4.74 Å². The molecular formula is C18H24N4O3. The summed E-state index contributed by atoms with van der Waals surface area (Å²) in [6, 6.07) is 9.45. The van der Waals surface area contributed by atoms with Crippen molar-refractivity contribution in [3.05, 3.63) is 42.2 Å². The van der Waals surface area contributed by atoms with E-state index in [0.717, 1.165) is 11.4 Å². The Balaban J connectivity index is 1.65. The number of ether oxygens (including phenoxy) is 1. The van der Waals surface area contributed by atoms with Crippen LogP contribution in [0.3, 0.4) is 0 Å². The van der Waals surface area contributed by atoms with E-state index in [-0.39, 0.29) is 12.6 Å². The number of aryl methyl sites for hydroxylation is 1. The van der Waals surface area contributed by atoms with Crippen molar-refractivity contribution in [1.29, 1.82) is 0 Å². The topological polar surface area (TPSA) is 79.6 Å². The summed E-state index contributed by atoms with van der Waals surface area (Å²) in [5.41, 5.74) is 1.43. The van der Waals surface area contributed by atoms with Crippen molar-refractivity contribution in [1.82, 2.24) is 14.7 Å². The number of likely N-dealkylation sites (N-methyl/N-ethyl adjacent to an activating group) is 1. The fourth-order valence-electron chi connectivity index (χ4n) is 2.93. The quantitative estimate of drug-likeness (QED) is 0.891. The van der Waals surface area contributed by atoms with Gasteiger partial charge in [0.05, 0.1) is 35.4 Å². The van der Waals surface area contributed by atoms with E-state index in [2.05, 4.69) is 10.4 Å². The number of urea groups is 1. The van der Waals surface area contributed by atoms with E-state index >= 15 is 0 Å². The standard InChI is InChI=1S/C18H24N4O3/c1-14-16(12-22(20-14)15-6-4-3-5-7-15)19-17(23)21(2)13-18(24)8-10-25-11-9-18/h3-7,12,24H,8-11,13H2,1-2H3,(H,19,23). The minimum atomic E-state index is -0.881. The van der Waals surface area contributed by atoms with Crippen LogP contribution in [-0.4, -0.2) is 58.2 Å². The van der Waals surface area contributed by atoms with Gasteiger partial charge in [0, 0.05) is 33.1 Å². The largest absolute Gasteiger partial charge is 0.388 e. The third-order valence-electron chi connectivity index (χ3n) is 4.46. The highest BCUT2D eigenvalue weighted by molar-refractivity contribution is 5.89. The Labute approximate surface area is 147 Å². The lowest BCUT2D eigenvalue weighted by Crippen LogP contribution is -2.48. The maximum Gasteiger partial charge on any atom is 0.321 e. The SMILES string of the molecule is Cc1nn(-c2ccccc2)cc1NC(=O)N(C)CC1(O)CCOCC1. The summed E-state index contributed by atoms with van der Waals surface area (Å²) in [5, 5.41) is 17.9. The third-order valence-corrected chi connectivity index (χ3v) is 4.46. The van der Waals surface area contributed by atoms with Gasteiger partial charge in [0.2, 0.25) is 0 Å². The number of carbonyl (C=O) groups is 1. The van der Waals surface area contributed by atoms with E-state index in [1.165, 1.54) is 4.90 Å². The Kier molecular flexibility index (Phi) is 5.06. The predicted molar refractivity (Wildman–Crippen MR) is 95.0 cm³/mol. The van der Waals surface area contributed by atoms with E-state index in [1.807, 2.05) is 37.3 Å². The first-order valence-corrected chi connectivity index (χ1v) is 8.41. The van der Waals surface area contributed by atoms with Gasteiger partial charge in [0.25, 0.3) is 0 Å². The van der Waals surface area contributed by atoms with Crippen LogP contribution in [0, 0.1) is 6.92 Å². The molecule has 0 saturated carbocycles. The highest BCUT2D eigenvalue weighted by Crippen LogP contribution is 2.22. The molecule has 134 valence electrons. The second kappa shape index (κ2) is 7.25. The van der Waals surface area contributed by atoms with Crippen molar-refractivity contribution < 1.29 is 14.6 Å². The number of nitrogens with one attached hydrogen (secondary N) is 1. The molecule has 7 heteroatoms. The zero-order valence-electron chi connectivity index (χ0n) is 14.6. The van der Waals surface area contributed by atoms with E-state index in [4.69, 9.17) is 4.74 Å². The van der Waals surface area contributed by atoms with Gasteiger partial charge < -0.3 is 20.1 Å². The van der Waals surface area contributed by atoms with E-state index in [0.29, 0.717) is 31.7 Å².